The van der Waals surface area contributed by atoms with Gasteiger partial charge in [0.15, 0.2) is 0 Å². The van der Waals surface area contributed by atoms with E-state index in [1.54, 1.807) is 0 Å². The fourth-order valence-electron chi connectivity index (χ4n) is 2.80. The van der Waals surface area contributed by atoms with Gasteiger partial charge >= 0.3 is 0 Å². The predicted octanol–water partition coefficient (Wildman–Crippen LogP) is 1.88. The van der Waals surface area contributed by atoms with E-state index in [4.69, 9.17) is 4.74 Å². The second-order valence-corrected chi connectivity index (χ2v) is 5.60. The van der Waals surface area contributed by atoms with Crippen molar-refractivity contribution in [3.8, 4) is 0 Å². The van der Waals surface area contributed by atoms with Gasteiger partial charge in [-0.1, -0.05) is 0 Å². The van der Waals surface area contributed by atoms with Crippen molar-refractivity contribution in [2.75, 3.05) is 32.8 Å². The average molecular weight is 240 g/mol. The Hall–Kier alpha value is -0.120. The summed E-state index contributed by atoms with van der Waals surface area (Å²) >= 11 is 0. The van der Waals surface area contributed by atoms with E-state index >= 15 is 0 Å². The monoisotopic (exact) mass is 240 g/mol. The van der Waals surface area contributed by atoms with Gasteiger partial charge in [-0.05, 0) is 52.0 Å². The van der Waals surface area contributed by atoms with Gasteiger partial charge in [0.2, 0.25) is 0 Å². The van der Waals surface area contributed by atoms with Crippen LogP contribution in [0.5, 0.6) is 0 Å². The Kier molecular flexibility index (Phi) is 5.26. The van der Waals surface area contributed by atoms with E-state index in [1.165, 1.54) is 38.8 Å². The summed E-state index contributed by atoms with van der Waals surface area (Å²) in [6.45, 7) is 9.98. The highest BCUT2D eigenvalue weighted by Crippen LogP contribution is 2.32. The molecule has 1 heterocycles. The summed E-state index contributed by atoms with van der Waals surface area (Å²) < 4.78 is 5.73. The number of hydrogen-bond donors (Lipinski definition) is 1. The van der Waals surface area contributed by atoms with E-state index in [0.717, 1.165) is 31.7 Å². The van der Waals surface area contributed by atoms with Gasteiger partial charge in [-0.3, -0.25) is 4.90 Å². The highest BCUT2D eigenvalue weighted by molar-refractivity contribution is 4.83. The van der Waals surface area contributed by atoms with Crippen molar-refractivity contribution in [3.63, 3.8) is 0 Å². The quantitative estimate of drug-likeness (QED) is 0.735. The molecule has 0 amide bonds. The number of ether oxygens (including phenoxy) is 1. The lowest BCUT2D eigenvalue weighted by atomic mass is 10.1. The molecule has 2 rings (SSSR count). The molecular formula is C14H28N2O. The van der Waals surface area contributed by atoms with Gasteiger partial charge in [-0.15, -0.1) is 0 Å². The number of likely N-dealkylation sites (tertiary alicyclic amines) is 1. The molecule has 2 aliphatic rings. The molecule has 2 unspecified atom stereocenters. The summed E-state index contributed by atoms with van der Waals surface area (Å²) in [5.74, 6) is 0.965. The number of nitrogens with zero attached hydrogens (tertiary/aromatic N) is 1. The molecule has 0 bridgehead atoms. The number of nitrogens with one attached hydrogen (secondary N) is 1. The van der Waals surface area contributed by atoms with E-state index < -0.39 is 0 Å². The van der Waals surface area contributed by atoms with Gasteiger partial charge in [-0.2, -0.15) is 0 Å². The van der Waals surface area contributed by atoms with Crippen molar-refractivity contribution >= 4 is 0 Å². The molecule has 1 saturated carbocycles. The Balaban J connectivity index is 1.57. The van der Waals surface area contributed by atoms with Gasteiger partial charge < -0.3 is 10.1 Å². The third-order valence-corrected chi connectivity index (χ3v) is 4.09. The van der Waals surface area contributed by atoms with E-state index in [9.17, 15) is 0 Å². The van der Waals surface area contributed by atoms with Crippen molar-refractivity contribution in [1.82, 2.24) is 10.2 Å². The Morgan fingerprint density at radius 3 is 2.88 bits per heavy atom. The van der Waals surface area contributed by atoms with Crippen LogP contribution in [-0.2, 0) is 4.74 Å². The van der Waals surface area contributed by atoms with Crippen molar-refractivity contribution in [2.24, 2.45) is 5.92 Å². The average Bonchev–Trinajstić information content (AvgIpc) is 3.14. The van der Waals surface area contributed by atoms with Crippen LogP contribution in [0.2, 0.25) is 0 Å². The maximum absolute atomic E-state index is 5.73. The van der Waals surface area contributed by atoms with Crippen LogP contribution in [-0.4, -0.2) is 49.8 Å². The summed E-state index contributed by atoms with van der Waals surface area (Å²) in [6, 6.07) is 0.725. The molecule has 0 radical (unpaired) electrons. The fraction of sp³-hybridized carbons (Fsp3) is 1.00. The minimum absolute atomic E-state index is 0.481. The third-order valence-electron chi connectivity index (χ3n) is 4.09. The van der Waals surface area contributed by atoms with E-state index in [0.29, 0.717) is 6.10 Å². The number of hydrogen-bond acceptors (Lipinski definition) is 3. The zero-order chi connectivity index (χ0) is 12.1. The lowest BCUT2D eigenvalue weighted by Crippen LogP contribution is -2.44. The molecule has 17 heavy (non-hydrogen) atoms. The van der Waals surface area contributed by atoms with E-state index in [-0.39, 0.29) is 0 Å². The standard InChI is InChI=1S/C14H28N2O/c1-3-17-14-5-4-9-16(11-14)10-8-15-12(2)13-6-7-13/h12-15H,3-11H2,1-2H3. The van der Waals surface area contributed by atoms with Gasteiger partial charge in [0.05, 0.1) is 6.10 Å². The zero-order valence-corrected chi connectivity index (χ0v) is 11.5. The lowest BCUT2D eigenvalue weighted by molar-refractivity contribution is 0.00620. The molecule has 2 atom stereocenters. The van der Waals surface area contributed by atoms with Crippen LogP contribution in [0, 0.1) is 5.92 Å². The van der Waals surface area contributed by atoms with Crippen molar-refractivity contribution < 1.29 is 4.74 Å². The molecular weight excluding hydrogens is 212 g/mol. The van der Waals surface area contributed by atoms with Crippen LogP contribution in [0.4, 0.5) is 0 Å². The third kappa shape index (κ3) is 4.57. The first-order valence-corrected chi connectivity index (χ1v) is 7.37. The SMILES string of the molecule is CCOC1CCCN(CCNC(C)C2CC2)C1. The molecule has 0 aromatic rings. The Morgan fingerprint density at radius 1 is 1.35 bits per heavy atom. The predicted molar refractivity (Wildman–Crippen MR) is 71.3 cm³/mol. The Bertz CT molecular complexity index is 216. The van der Waals surface area contributed by atoms with E-state index in [1.807, 2.05) is 0 Å². The first kappa shape index (κ1) is 13.3. The molecule has 0 spiro atoms. The minimum Gasteiger partial charge on any atom is -0.377 e. The molecule has 1 saturated heterocycles. The minimum atomic E-state index is 0.481. The maximum atomic E-state index is 5.73. The lowest BCUT2D eigenvalue weighted by Gasteiger charge is -2.32. The molecule has 100 valence electrons. The number of rotatable bonds is 7. The molecule has 2 fully saturated rings. The summed E-state index contributed by atoms with van der Waals surface area (Å²) in [5, 5.41) is 3.66. The van der Waals surface area contributed by atoms with Crippen molar-refractivity contribution in [2.45, 2.75) is 51.7 Å². The van der Waals surface area contributed by atoms with Gasteiger partial charge in [0, 0.05) is 32.3 Å². The number of piperidine rings is 1. The normalized spacial score (nSPS) is 28.2. The Labute approximate surface area is 106 Å². The largest absolute Gasteiger partial charge is 0.377 e. The van der Waals surface area contributed by atoms with Crippen LogP contribution in [0.3, 0.4) is 0 Å². The summed E-state index contributed by atoms with van der Waals surface area (Å²) in [4.78, 5) is 2.55. The second-order valence-electron chi connectivity index (χ2n) is 5.60. The molecule has 0 aromatic carbocycles. The second kappa shape index (κ2) is 6.72. The molecule has 3 heteroatoms. The van der Waals surface area contributed by atoms with Crippen LogP contribution >= 0.6 is 0 Å². The fourth-order valence-corrected chi connectivity index (χ4v) is 2.80. The summed E-state index contributed by atoms with van der Waals surface area (Å²) in [5.41, 5.74) is 0. The van der Waals surface area contributed by atoms with Crippen molar-refractivity contribution in [1.29, 1.82) is 0 Å². The Morgan fingerprint density at radius 2 is 2.18 bits per heavy atom. The first-order chi connectivity index (χ1) is 8.29. The van der Waals surface area contributed by atoms with Gasteiger partial charge in [-0.25, -0.2) is 0 Å². The van der Waals surface area contributed by atoms with Gasteiger partial charge in [0.25, 0.3) is 0 Å². The highest BCUT2D eigenvalue weighted by Gasteiger charge is 2.27. The molecule has 1 aliphatic heterocycles. The summed E-state index contributed by atoms with van der Waals surface area (Å²) in [6.07, 6.45) is 5.89. The van der Waals surface area contributed by atoms with Crippen LogP contribution in [0.15, 0.2) is 0 Å². The maximum Gasteiger partial charge on any atom is 0.0702 e. The molecule has 1 aliphatic carbocycles. The van der Waals surface area contributed by atoms with Crippen LogP contribution in [0.1, 0.15) is 39.5 Å². The van der Waals surface area contributed by atoms with Crippen LogP contribution in [0.25, 0.3) is 0 Å². The zero-order valence-electron chi connectivity index (χ0n) is 11.5. The van der Waals surface area contributed by atoms with Gasteiger partial charge in [0.1, 0.15) is 0 Å². The molecule has 0 aromatic heterocycles. The van der Waals surface area contributed by atoms with E-state index in [2.05, 4.69) is 24.1 Å². The smallest absolute Gasteiger partial charge is 0.0702 e. The first-order valence-electron chi connectivity index (χ1n) is 7.37. The topological polar surface area (TPSA) is 24.5 Å². The van der Waals surface area contributed by atoms with Crippen molar-refractivity contribution in [3.05, 3.63) is 0 Å². The highest BCUT2D eigenvalue weighted by atomic mass is 16.5. The van der Waals surface area contributed by atoms with Crippen LogP contribution < -0.4 is 5.32 Å². The molecule has 3 nitrogen and oxygen atoms in total. The summed E-state index contributed by atoms with van der Waals surface area (Å²) in [7, 11) is 0. The molecule has 1 N–H and O–H groups in total.